The number of anilines is 1. The van der Waals surface area contributed by atoms with E-state index in [0.717, 1.165) is 15.6 Å². The molecule has 2 aromatic heterocycles. The number of hydrogen-bond donors (Lipinski definition) is 1. The number of nitrogens with one attached hydrogen (secondary N) is 1. The van der Waals surface area contributed by atoms with E-state index in [4.69, 9.17) is 21.6 Å². The maximum atomic E-state index is 12.6. The minimum atomic E-state index is -1.52. The van der Waals surface area contributed by atoms with Crippen LogP contribution in [0.4, 0.5) is 5.95 Å². The molecule has 0 saturated carbocycles. The predicted octanol–water partition coefficient (Wildman–Crippen LogP) is 3.94. The highest BCUT2D eigenvalue weighted by atomic mass is 35.5. The van der Waals surface area contributed by atoms with E-state index in [1.807, 2.05) is 17.5 Å². The van der Waals surface area contributed by atoms with Crippen molar-refractivity contribution in [1.82, 2.24) is 9.97 Å². The Morgan fingerprint density at radius 2 is 2.32 bits per heavy atom. The monoisotopic (exact) mass is 392 g/mol. The summed E-state index contributed by atoms with van der Waals surface area (Å²) < 4.78 is 21.6. The molecule has 25 heavy (non-hydrogen) atoms. The first-order valence-corrected chi connectivity index (χ1v) is 9.65. The summed E-state index contributed by atoms with van der Waals surface area (Å²) in [7, 11) is -0.0271. The third-order valence-electron chi connectivity index (χ3n) is 3.41. The molecule has 0 aliphatic carbocycles. The fourth-order valence-corrected chi connectivity index (χ4v) is 4.65. The molecule has 6 nitrogen and oxygen atoms in total. The molecule has 1 unspecified atom stereocenters. The Hall–Kier alpha value is -2.21. The van der Waals surface area contributed by atoms with Crippen molar-refractivity contribution >= 4 is 50.0 Å². The fourth-order valence-electron chi connectivity index (χ4n) is 2.24. The second kappa shape index (κ2) is 7.78. The van der Waals surface area contributed by atoms with Gasteiger partial charge in [0.15, 0.2) is 11.0 Å². The van der Waals surface area contributed by atoms with Crippen molar-refractivity contribution in [1.29, 1.82) is 5.26 Å². The third-order valence-corrected chi connectivity index (χ3v) is 5.84. The zero-order chi connectivity index (χ0) is 17.8. The normalized spacial score (nSPS) is 11.9. The summed E-state index contributed by atoms with van der Waals surface area (Å²) in [6.07, 6.45) is 2.43. The van der Waals surface area contributed by atoms with E-state index >= 15 is 0 Å². The average molecular weight is 393 g/mol. The van der Waals surface area contributed by atoms with Gasteiger partial charge in [0.25, 0.3) is 0 Å². The van der Waals surface area contributed by atoms with Crippen molar-refractivity contribution in [3.63, 3.8) is 0 Å². The molecule has 0 aliphatic heterocycles. The van der Waals surface area contributed by atoms with Crippen LogP contribution in [0.3, 0.4) is 0 Å². The number of nitriles is 1. The van der Waals surface area contributed by atoms with Crippen LogP contribution < -0.4 is 9.46 Å². The van der Waals surface area contributed by atoms with E-state index in [-0.39, 0.29) is 5.95 Å². The van der Waals surface area contributed by atoms with Crippen LogP contribution in [-0.4, -0.2) is 21.3 Å². The maximum Gasteiger partial charge on any atom is 0.238 e. The van der Waals surface area contributed by atoms with Crippen LogP contribution in [0.1, 0.15) is 12.0 Å². The van der Waals surface area contributed by atoms with Crippen LogP contribution in [0.25, 0.3) is 10.1 Å². The van der Waals surface area contributed by atoms with Crippen molar-refractivity contribution < 1.29 is 8.95 Å². The van der Waals surface area contributed by atoms with Crippen molar-refractivity contribution in [3.05, 3.63) is 40.4 Å². The zero-order valence-electron chi connectivity index (χ0n) is 13.2. The number of ether oxygens (including phenoxy) is 1. The Balaban J connectivity index is 1.83. The van der Waals surface area contributed by atoms with Crippen LogP contribution in [0, 0.1) is 11.3 Å². The van der Waals surface area contributed by atoms with Crippen molar-refractivity contribution in [3.8, 4) is 11.9 Å². The molecule has 1 N–H and O–H groups in total. The first-order chi connectivity index (χ1) is 12.1. The summed E-state index contributed by atoms with van der Waals surface area (Å²) in [6, 6.07) is 7.52. The highest BCUT2D eigenvalue weighted by Gasteiger charge is 2.14. The Morgan fingerprint density at radius 3 is 3.08 bits per heavy atom. The van der Waals surface area contributed by atoms with E-state index in [0.29, 0.717) is 28.6 Å². The van der Waals surface area contributed by atoms with Crippen molar-refractivity contribution in [2.24, 2.45) is 0 Å². The minimum Gasteiger partial charge on any atom is -0.481 e. The van der Waals surface area contributed by atoms with Gasteiger partial charge in [0.2, 0.25) is 11.8 Å². The first kappa shape index (κ1) is 17.6. The molecule has 0 radical (unpaired) electrons. The smallest absolute Gasteiger partial charge is 0.238 e. The summed E-state index contributed by atoms with van der Waals surface area (Å²) >= 11 is 7.46. The molecule has 0 saturated heterocycles. The lowest BCUT2D eigenvalue weighted by atomic mass is 10.2. The molecular weight excluding hydrogens is 380 g/mol. The highest BCUT2D eigenvalue weighted by molar-refractivity contribution is 7.86. The second-order valence-electron chi connectivity index (χ2n) is 5.00. The Labute approximate surface area is 156 Å². The quantitative estimate of drug-likeness (QED) is 0.686. The zero-order valence-corrected chi connectivity index (χ0v) is 15.5. The number of hydrogen-bond acceptors (Lipinski definition) is 6. The van der Waals surface area contributed by atoms with Gasteiger partial charge >= 0.3 is 0 Å². The van der Waals surface area contributed by atoms with Crippen LogP contribution in [-0.2, 0) is 17.4 Å². The van der Waals surface area contributed by atoms with Gasteiger partial charge in [-0.1, -0.05) is 17.7 Å². The van der Waals surface area contributed by atoms with Gasteiger partial charge in [-0.25, -0.2) is 9.19 Å². The topological polar surface area (TPSA) is 87.9 Å². The predicted molar refractivity (Wildman–Crippen MR) is 99.4 cm³/mol. The molecule has 1 atom stereocenters. The Kier molecular flexibility index (Phi) is 5.48. The average Bonchev–Trinajstić information content (AvgIpc) is 3.03. The molecule has 1 aromatic carbocycles. The van der Waals surface area contributed by atoms with Crippen molar-refractivity contribution in [2.45, 2.75) is 17.7 Å². The number of halogens is 1. The van der Waals surface area contributed by atoms with Gasteiger partial charge in [-0.3, -0.25) is 4.72 Å². The number of nitrogens with zero attached hydrogens (tertiary/aromatic N) is 3. The van der Waals surface area contributed by atoms with Gasteiger partial charge in [0.05, 0.1) is 18.1 Å². The number of methoxy groups -OCH3 is 1. The van der Waals surface area contributed by atoms with E-state index in [1.54, 1.807) is 12.3 Å². The molecule has 2 heterocycles. The van der Waals surface area contributed by atoms with Crippen LogP contribution in [0.5, 0.6) is 5.88 Å². The number of thiophene rings is 1. The molecule has 0 aliphatic rings. The summed E-state index contributed by atoms with van der Waals surface area (Å²) in [5, 5.41) is 12.0. The number of rotatable bonds is 6. The summed E-state index contributed by atoms with van der Waals surface area (Å²) in [5.41, 5.74) is 0.732. The standard InChI is InChI=1S/C16H13ClN4O2S2/c1-23-15-10(3-2-6-18)8-19-16(20-15)21-25(22)14-9-24-13-7-11(17)4-5-12(13)14/h4-5,7-9H,2-3H2,1H3,(H,19,20,21). The lowest BCUT2D eigenvalue weighted by molar-refractivity contribution is 0.392. The summed E-state index contributed by atoms with van der Waals surface area (Å²) in [5.74, 6) is 0.566. The Bertz CT molecular complexity index is 984. The van der Waals surface area contributed by atoms with Gasteiger partial charge < -0.3 is 4.74 Å². The molecular formula is C16H13ClN4O2S2. The van der Waals surface area contributed by atoms with E-state index in [2.05, 4.69) is 20.8 Å². The van der Waals surface area contributed by atoms with Crippen molar-refractivity contribution in [2.75, 3.05) is 11.8 Å². The molecule has 0 spiro atoms. The molecule has 3 rings (SSSR count). The SMILES string of the molecule is COc1nc(NS(=O)c2csc3cc(Cl)ccc23)ncc1CCC#N. The van der Waals surface area contributed by atoms with Crippen LogP contribution >= 0.6 is 22.9 Å². The molecule has 9 heteroatoms. The third kappa shape index (κ3) is 3.90. The van der Waals surface area contributed by atoms with Gasteiger partial charge in [0.1, 0.15) is 0 Å². The summed E-state index contributed by atoms with van der Waals surface area (Å²) in [4.78, 5) is 9.03. The fraction of sp³-hybridized carbons (Fsp3) is 0.188. The molecule has 3 aromatic rings. The molecule has 128 valence electrons. The number of fused-ring (bicyclic) bond motifs is 1. The highest BCUT2D eigenvalue weighted by Crippen LogP contribution is 2.31. The van der Waals surface area contributed by atoms with Crippen LogP contribution in [0.15, 0.2) is 34.7 Å². The lowest BCUT2D eigenvalue weighted by Crippen LogP contribution is -2.09. The first-order valence-electron chi connectivity index (χ1n) is 7.24. The Morgan fingerprint density at radius 1 is 1.48 bits per heavy atom. The second-order valence-corrected chi connectivity index (χ2v) is 7.53. The largest absolute Gasteiger partial charge is 0.481 e. The summed E-state index contributed by atoms with van der Waals surface area (Å²) in [6.45, 7) is 0. The van der Waals surface area contributed by atoms with Gasteiger partial charge in [-0.2, -0.15) is 10.2 Å². The molecule has 0 bridgehead atoms. The van der Waals surface area contributed by atoms with Crippen LogP contribution in [0.2, 0.25) is 5.02 Å². The molecule has 0 fully saturated rings. The van der Waals surface area contributed by atoms with Gasteiger partial charge in [0, 0.05) is 38.7 Å². The number of aromatic nitrogens is 2. The number of benzene rings is 1. The van der Waals surface area contributed by atoms with E-state index in [1.165, 1.54) is 18.4 Å². The van der Waals surface area contributed by atoms with Gasteiger partial charge in [-0.15, -0.1) is 11.3 Å². The lowest BCUT2D eigenvalue weighted by Gasteiger charge is -2.08. The minimum absolute atomic E-state index is 0.198. The number of aryl methyl sites for hydroxylation is 1. The molecule has 0 amide bonds. The maximum absolute atomic E-state index is 12.6. The van der Waals surface area contributed by atoms with E-state index in [9.17, 15) is 4.21 Å². The van der Waals surface area contributed by atoms with Gasteiger partial charge in [-0.05, 0) is 18.6 Å². The van der Waals surface area contributed by atoms with E-state index < -0.39 is 11.0 Å².